The Bertz CT molecular complexity index is 1030. The third-order valence-electron chi connectivity index (χ3n) is 5.98. The second-order valence-electron chi connectivity index (χ2n) is 7.60. The standard InChI is InChI=1S/C20H23N7OS/c1-3-15-20(28)26(2)16-9-21-18(24-19(16)27(15)12-6-4-5-7-12)13-8-23-25-17(13)14-10-29-11-22-14/h8-12,15H,3-7H2,1-2H3,(H,23,25)/t15-/m1/s1. The van der Waals surface area contributed by atoms with Crippen molar-refractivity contribution in [2.75, 3.05) is 16.8 Å². The summed E-state index contributed by atoms with van der Waals surface area (Å²) in [6, 6.07) is 0.169. The Morgan fingerprint density at radius 1 is 1.24 bits per heavy atom. The number of H-pyrrole nitrogens is 1. The van der Waals surface area contributed by atoms with E-state index < -0.39 is 0 Å². The van der Waals surface area contributed by atoms with E-state index in [4.69, 9.17) is 4.98 Å². The van der Waals surface area contributed by atoms with Crippen molar-refractivity contribution in [3.63, 3.8) is 0 Å². The van der Waals surface area contributed by atoms with Crippen molar-refractivity contribution in [1.82, 2.24) is 25.1 Å². The molecule has 29 heavy (non-hydrogen) atoms. The number of carbonyl (C=O) groups excluding carboxylic acids is 1. The van der Waals surface area contributed by atoms with E-state index in [1.807, 2.05) is 12.4 Å². The fourth-order valence-electron chi connectivity index (χ4n) is 4.50. The summed E-state index contributed by atoms with van der Waals surface area (Å²) in [4.78, 5) is 30.9. The van der Waals surface area contributed by atoms with Gasteiger partial charge in [-0.15, -0.1) is 11.3 Å². The van der Waals surface area contributed by atoms with Crippen LogP contribution in [0.4, 0.5) is 11.5 Å². The van der Waals surface area contributed by atoms with Crippen molar-refractivity contribution in [2.45, 2.75) is 51.1 Å². The molecule has 0 aromatic carbocycles. The molecule has 0 radical (unpaired) electrons. The first kappa shape index (κ1) is 18.2. The Kier molecular flexibility index (Phi) is 4.54. The highest BCUT2D eigenvalue weighted by molar-refractivity contribution is 7.07. The molecule has 3 aromatic heterocycles. The van der Waals surface area contributed by atoms with Crippen LogP contribution >= 0.6 is 11.3 Å². The van der Waals surface area contributed by atoms with Gasteiger partial charge in [0.05, 0.1) is 34.9 Å². The second-order valence-corrected chi connectivity index (χ2v) is 8.32. The summed E-state index contributed by atoms with van der Waals surface area (Å²) in [5, 5.41) is 9.20. The zero-order valence-corrected chi connectivity index (χ0v) is 17.3. The molecule has 9 heteroatoms. The molecule has 8 nitrogen and oxygen atoms in total. The van der Waals surface area contributed by atoms with Gasteiger partial charge in [0.15, 0.2) is 11.6 Å². The van der Waals surface area contributed by atoms with Crippen LogP contribution in [0.15, 0.2) is 23.3 Å². The van der Waals surface area contributed by atoms with E-state index in [1.54, 1.807) is 22.8 Å². The molecule has 1 atom stereocenters. The molecule has 3 aromatic rings. The molecule has 1 amide bonds. The predicted octanol–water partition coefficient (Wildman–Crippen LogP) is 3.49. The molecule has 150 valence electrons. The third-order valence-corrected chi connectivity index (χ3v) is 6.57. The quantitative estimate of drug-likeness (QED) is 0.709. The van der Waals surface area contributed by atoms with Gasteiger partial charge in [0.2, 0.25) is 5.91 Å². The number of likely N-dealkylation sites (N-methyl/N-ethyl adjacent to an activating group) is 1. The molecule has 2 aliphatic rings. The molecule has 1 aliphatic carbocycles. The first-order valence-corrected chi connectivity index (χ1v) is 11.0. The Hall–Kier alpha value is -2.81. The summed E-state index contributed by atoms with van der Waals surface area (Å²) in [6.07, 6.45) is 8.86. The maximum absolute atomic E-state index is 13.0. The summed E-state index contributed by atoms with van der Waals surface area (Å²) < 4.78 is 0. The number of thiazole rings is 1. The minimum atomic E-state index is -0.180. The lowest BCUT2D eigenvalue weighted by atomic mass is 10.0. The summed E-state index contributed by atoms with van der Waals surface area (Å²) >= 11 is 1.53. The summed E-state index contributed by atoms with van der Waals surface area (Å²) in [5.74, 6) is 1.57. The van der Waals surface area contributed by atoms with Crippen LogP contribution in [0.1, 0.15) is 39.0 Å². The monoisotopic (exact) mass is 409 g/mol. The Morgan fingerprint density at radius 3 is 2.79 bits per heavy atom. The van der Waals surface area contributed by atoms with Crippen LogP contribution < -0.4 is 9.80 Å². The maximum atomic E-state index is 13.0. The van der Waals surface area contributed by atoms with Gasteiger partial charge in [0.25, 0.3) is 0 Å². The largest absolute Gasteiger partial charge is 0.340 e. The molecule has 4 heterocycles. The van der Waals surface area contributed by atoms with E-state index in [2.05, 4.69) is 32.0 Å². The van der Waals surface area contributed by atoms with Gasteiger partial charge in [-0.05, 0) is 19.3 Å². The van der Waals surface area contributed by atoms with E-state index in [0.717, 1.165) is 47.7 Å². The fraction of sp³-hybridized carbons (Fsp3) is 0.450. The summed E-state index contributed by atoms with van der Waals surface area (Å²) in [6.45, 7) is 2.07. The van der Waals surface area contributed by atoms with E-state index in [9.17, 15) is 4.79 Å². The Morgan fingerprint density at radius 2 is 2.07 bits per heavy atom. The zero-order chi connectivity index (χ0) is 20.0. The number of aromatic amines is 1. The topological polar surface area (TPSA) is 90.9 Å². The smallest absolute Gasteiger partial charge is 0.249 e. The van der Waals surface area contributed by atoms with Crippen LogP contribution in [0.2, 0.25) is 0 Å². The molecule has 1 aliphatic heterocycles. The first-order valence-electron chi connectivity index (χ1n) is 10.0. The number of amides is 1. The number of nitrogens with zero attached hydrogens (tertiary/aromatic N) is 6. The highest BCUT2D eigenvalue weighted by Gasteiger charge is 2.41. The molecular formula is C20H23N7OS. The number of anilines is 2. The molecular weight excluding hydrogens is 386 g/mol. The van der Waals surface area contributed by atoms with E-state index in [0.29, 0.717) is 11.9 Å². The number of carbonyl (C=O) groups is 1. The average Bonchev–Trinajstić information content (AvgIpc) is 3.51. The minimum absolute atomic E-state index is 0.120. The van der Waals surface area contributed by atoms with Gasteiger partial charge in [-0.1, -0.05) is 19.8 Å². The van der Waals surface area contributed by atoms with Crippen LogP contribution in [-0.4, -0.2) is 50.2 Å². The molecule has 0 saturated heterocycles. The summed E-state index contributed by atoms with van der Waals surface area (Å²) in [5.41, 5.74) is 5.02. The normalized spacial score (nSPS) is 19.8. The molecule has 0 bridgehead atoms. The van der Waals surface area contributed by atoms with Crippen LogP contribution in [-0.2, 0) is 4.79 Å². The van der Waals surface area contributed by atoms with E-state index in [-0.39, 0.29) is 11.9 Å². The lowest BCUT2D eigenvalue weighted by Gasteiger charge is -2.43. The first-order chi connectivity index (χ1) is 14.2. The van der Waals surface area contributed by atoms with Gasteiger partial charge < -0.3 is 9.80 Å². The van der Waals surface area contributed by atoms with Crippen LogP contribution in [0.5, 0.6) is 0 Å². The number of rotatable bonds is 4. The third kappa shape index (κ3) is 2.91. The van der Waals surface area contributed by atoms with Gasteiger partial charge in [0, 0.05) is 18.5 Å². The van der Waals surface area contributed by atoms with Crippen molar-refractivity contribution >= 4 is 28.7 Å². The van der Waals surface area contributed by atoms with Gasteiger partial charge >= 0.3 is 0 Å². The van der Waals surface area contributed by atoms with E-state index >= 15 is 0 Å². The van der Waals surface area contributed by atoms with Crippen molar-refractivity contribution in [1.29, 1.82) is 0 Å². The molecule has 5 rings (SSSR count). The van der Waals surface area contributed by atoms with Crippen molar-refractivity contribution in [3.05, 3.63) is 23.3 Å². The van der Waals surface area contributed by atoms with Gasteiger partial charge in [0.1, 0.15) is 11.7 Å². The van der Waals surface area contributed by atoms with E-state index in [1.165, 1.54) is 24.2 Å². The minimum Gasteiger partial charge on any atom is -0.340 e. The van der Waals surface area contributed by atoms with Crippen molar-refractivity contribution in [2.24, 2.45) is 0 Å². The van der Waals surface area contributed by atoms with Crippen LogP contribution in [0.3, 0.4) is 0 Å². The van der Waals surface area contributed by atoms with Crippen LogP contribution in [0.25, 0.3) is 22.8 Å². The van der Waals surface area contributed by atoms with Gasteiger partial charge in [-0.3, -0.25) is 9.89 Å². The van der Waals surface area contributed by atoms with Crippen LogP contribution in [0, 0.1) is 0 Å². The average molecular weight is 410 g/mol. The number of hydrogen-bond acceptors (Lipinski definition) is 7. The lowest BCUT2D eigenvalue weighted by molar-refractivity contribution is -0.120. The number of nitrogens with one attached hydrogen (secondary N) is 1. The number of hydrogen-bond donors (Lipinski definition) is 1. The van der Waals surface area contributed by atoms with Gasteiger partial charge in [-0.2, -0.15) is 5.10 Å². The molecule has 0 unspecified atom stereocenters. The molecule has 1 fully saturated rings. The zero-order valence-electron chi connectivity index (χ0n) is 16.5. The number of aromatic nitrogens is 5. The summed E-state index contributed by atoms with van der Waals surface area (Å²) in [7, 11) is 1.82. The highest BCUT2D eigenvalue weighted by atomic mass is 32.1. The second kappa shape index (κ2) is 7.22. The molecule has 1 N–H and O–H groups in total. The highest BCUT2D eigenvalue weighted by Crippen LogP contribution is 2.40. The fourth-order valence-corrected chi connectivity index (χ4v) is 5.04. The maximum Gasteiger partial charge on any atom is 0.249 e. The SMILES string of the molecule is CC[C@@H]1C(=O)N(C)c2cnc(-c3cn[nH]c3-c3cscn3)nc2N1C1CCCC1. The Balaban J connectivity index is 1.64. The molecule has 1 saturated carbocycles. The van der Waals surface area contributed by atoms with Gasteiger partial charge in [-0.25, -0.2) is 15.0 Å². The van der Waals surface area contributed by atoms with Crippen molar-refractivity contribution in [3.8, 4) is 22.8 Å². The lowest BCUT2D eigenvalue weighted by Crippen LogP contribution is -2.55. The van der Waals surface area contributed by atoms with Crippen molar-refractivity contribution < 1.29 is 4.79 Å². The predicted molar refractivity (Wildman–Crippen MR) is 113 cm³/mol. The molecule has 0 spiro atoms. The number of fused-ring (bicyclic) bond motifs is 1. The Labute approximate surface area is 173 Å².